The molecular formula is C20H25N3O3. The molecule has 1 aliphatic rings. The summed E-state index contributed by atoms with van der Waals surface area (Å²) in [5.74, 6) is -1.24. The number of aromatic nitrogens is 2. The summed E-state index contributed by atoms with van der Waals surface area (Å²) in [5.41, 5.74) is 3.38. The molecule has 1 heterocycles. The Hall–Kier alpha value is -2.63. The molecule has 138 valence electrons. The molecule has 0 aliphatic heterocycles. The summed E-state index contributed by atoms with van der Waals surface area (Å²) in [6.45, 7) is 3.90. The first kappa shape index (κ1) is 18.2. The van der Waals surface area contributed by atoms with E-state index in [0.717, 1.165) is 35.4 Å². The van der Waals surface area contributed by atoms with E-state index in [9.17, 15) is 14.7 Å². The molecule has 1 aliphatic carbocycles. The molecule has 1 aromatic carbocycles. The molecule has 2 N–H and O–H groups in total. The summed E-state index contributed by atoms with van der Waals surface area (Å²) in [5, 5.41) is 17.1. The first-order valence-electron chi connectivity index (χ1n) is 8.97. The quantitative estimate of drug-likeness (QED) is 0.863. The maximum absolute atomic E-state index is 12.6. The third-order valence-electron chi connectivity index (χ3n) is 5.45. The number of carbonyl (C=O) groups is 2. The molecule has 0 bridgehead atoms. The van der Waals surface area contributed by atoms with E-state index in [-0.39, 0.29) is 12.3 Å². The van der Waals surface area contributed by atoms with Crippen LogP contribution >= 0.6 is 0 Å². The van der Waals surface area contributed by atoms with E-state index >= 15 is 0 Å². The van der Waals surface area contributed by atoms with Gasteiger partial charge in [-0.2, -0.15) is 5.10 Å². The smallest absolute Gasteiger partial charge is 0.334 e. The van der Waals surface area contributed by atoms with Gasteiger partial charge in [0.15, 0.2) is 5.54 Å². The second-order valence-corrected chi connectivity index (χ2v) is 7.04. The lowest BCUT2D eigenvalue weighted by molar-refractivity contribution is -0.149. The van der Waals surface area contributed by atoms with Crippen LogP contribution in [-0.2, 0) is 35.0 Å². The van der Waals surface area contributed by atoms with Crippen LogP contribution in [0.2, 0.25) is 0 Å². The van der Waals surface area contributed by atoms with Crippen molar-refractivity contribution < 1.29 is 14.7 Å². The van der Waals surface area contributed by atoms with Gasteiger partial charge in [-0.1, -0.05) is 24.3 Å². The van der Waals surface area contributed by atoms with Gasteiger partial charge in [-0.05, 0) is 56.2 Å². The average Bonchev–Trinajstić information content (AvgIpc) is 2.85. The molecule has 1 amide bonds. The van der Waals surface area contributed by atoms with Crippen LogP contribution in [0.1, 0.15) is 47.3 Å². The molecule has 0 saturated heterocycles. The van der Waals surface area contributed by atoms with Crippen molar-refractivity contribution >= 4 is 11.9 Å². The molecule has 6 nitrogen and oxygen atoms in total. The van der Waals surface area contributed by atoms with Crippen molar-refractivity contribution in [3.63, 3.8) is 0 Å². The zero-order valence-electron chi connectivity index (χ0n) is 15.5. The van der Waals surface area contributed by atoms with Crippen LogP contribution in [0.4, 0.5) is 0 Å². The highest BCUT2D eigenvalue weighted by molar-refractivity contribution is 5.89. The molecule has 6 heteroatoms. The van der Waals surface area contributed by atoms with Crippen LogP contribution in [0.3, 0.4) is 0 Å². The molecule has 3 rings (SSSR count). The van der Waals surface area contributed by atoms with E-state index in [4.69, 9.17) is 0 Å². The molecule has 0 fully saturated rings. The van der Waals surface area contributed by atoms with Gasteiger partial charge in [-0.25, -0.2) is 4.79 Å². The Kier molecular flexibility index (Phi) is 4.85. The van der Waals surface area contributed by atoms with Crippen LogP contribution in [0, 0.1) is 13.8 Å². The Morgan fingerprint density at radius 3 is 2.69 bits per heavy atom. The van der Waals surface area contributed by atoms with Gasteiger partial charge in [0.1, 0.15) is 0 Å². The first-order chi connectivity index (χ1) is 12.3. The fourth-order valence-electron chi connectivity index (χ4n) is 3.96. The van der Waals surface area contributed by atoms with Crippen LogP contribution in [-0.4, -0.2) is 26.8 Å². The summed E-state index contributed by atoms with van der Waals surface area (Å²) in [4.78, 5) is 24.8. The maximum Gasteiger partial charge on any atom is 0.334 e. The van der Waals surface area contributed by atoms with E-state index < -0.39 is 11.5 Å². The Labute approximate surface area is 153 Å². The third-order valence-corrected chi connectivity index (χ3v) is 5.45. The molecule has 2 aromatic rings. The minimum Gasteiger partial charge on any atom is -0.479 e. The van der Waals surface area contributed by atoms with Crippen molar-refractivity contribution in [1.29, 1.82) is 0 Å². The van der Waals surface area contributed by atoms with Crippen molar-refractivity contribution in [3.05, 3.63) is 52.3 Å². The number of rotatable bonds is 5. The van der Waals surface area contributed by atoms with Gasteiger partial charge < -0.3 is 10.4 Å². The predicted octanol–water partition coefficient (Wildman–Crippen LogP) is 2.40. The van der Waals surface area contributed by atoms with Gasteiger partial charge in [0.05, 0.1) is 5.69 Å². The fourth-order valence-corrected chi connectivity index (χ4v) is 3.96. The summed E-state index contributed by atoms with van der Waals surface area (Å²) in [7, 11) is 1.88. The highest BCUT2D eigenvalue weighted by Gasteiger charge is 2.44. The van der Waals surface area contributed by atoms with Crippen LogP contribution < -0.4 is 5.32 Å². The lowest BCUT2D eigenvalue weighted by Crippen LogP contribution is -2.53. The molecule has 0 unspecified atom stereocenters. The van der Waals surface area contributed by atoms with Gasteiger partial charge >= 0.3 is 5.97 Å². The molecule has 1 aromatic heterocycles. The molecule has 0 spiro atoms. The largest absolute Gasteiger partial charge is 0.479 e. The van der Waals surface area contributed by atoms with Crippen LogP contribution in [0.25, 0.3) is 0 Å². The van der Waals surface area contributed by atoms with Crippen molar-refractivity contribution in [2.75, 3.05) is 0 Å². The summed E-state index contributed by atoms with van der Waals surface area (Å²) >= 11 is 0. The number of amides is 1. The highest BCUT2D eigenvalue weighted by Crippen LogP contribution is 2.35. The molecule has 1 atom stereocenters. The standard InChI is InChI=1S/C20H25N3O3/c1-13-16(14(2)23(3)22-13)10-11-18(24)21-20(19(25)26)12-6-8-15-7-4-5-9-17(15)20/h4-5,7,9H,6,8,10-12H2,1-3H3,(H,21,24)(H,25,26)/t20-/m1/s1. The number of carbonyl (C=O) groups excluding carboxylic acids is 1. The van der Waals surface area contributed by atoms with E-state index in [1.807, 2.05) is 45.2 Å². The van der Waals surface area contributed by atoms with Gasteiger partial charge in [-0.3, -0.25) is 9.48 Å². The SMILES string of the molecule is Cc1nn(C)c(C)c1CCC(=O)N[C@]1(C(=O)O)CCCc2ccccc21. The Balaban J connectivity index is 1.79. The van der Waals surface area contributed by atoms with Crippen LogP contribution in [0.15, 0.2) is 24.3 Å². The van der Waals surface area contributed by atoms with E-state index in [1.165, 1.54) is 0 Å². The monoisotopic (exact) mass is 355 g/mol. The topological polar surface area (TPSA) is 84.2 Å². The second kappa shape index (κ2) is 6.94. The van der Waals surface area contributed by atoms with Gasteiger partial charge in [-0.15, -0.1) is 0 Å². The number of hydrogen-bond acceptors (Lipinski definition) is 3. The highest BCUT2D eigenvalue weighted by atomic mass is 16.4. The number of aliphatic carboxylic acids is 1. The zero-order valence-corrected chi connectivity index (χ0v) is 15.5. The third kappa shape index (κ3) is 3.11. The van der Waals surface area contributed by atoms with Crippen molar-refractivity contribution in [1.82, 2.24) is 15.1 Å². The summed E-state index contributed by atoms with van der Waals surface area (Å²) < 4.78 is 1.80. The fraction of sp³-hybridized carbons (Fsp3) is 0.450. The number of aryl methyl sites for hydroxylation is 3. The van der Waals surface area contributed by atoms with Gasteiger partial charge in [0.2, 0.25) is 5.91 Å². The Bertz CT molecular complexity index is 856. The van der Waals surface area contributed by atoms with Crippen molar-refractivity contribution in [2.24, 2.45) is 7.05 Å². The second-order valence-electron chi connectivity index (χ2n) is 7.04. The zero-order chi connectivity index (χ0) is 18.9. The molecular weight excluding hydrogens is 330 g/mol. The number of carboxylic acid groups (broad SMARTS) is 1. The number of hydrogen-bond donors (Lipinski definition) is 2. The van der Waals surface area contributed by atoms with Crippen LogP contribution in [0.5, 0.6) is 0 Å². The predicted molar refractivity (Wildman–Crippen MR) is 97.8 cm³/mol. The van der Waals surface area contributed by atoms with Gasteiger partial charge in [0, 0.05) is 19.2 Å². The van der Waals surface area contributed by atoms with E-state index in [1.54, 1.807) is 4.68 Å². The molecule has 0 saturated carbocycles. The lowest BCUT2D eigenvalue weighted by atomic mass is 9.76. The van der Waals surface area contributed by atoms with Gasteiger partial charge in [0.25, 0.3) is 0 Å². The Morgan fingerprint density at radius 1 is 1.31 bits per heavy atom. The van der Waals surface area contributed by atoms with Crippen molar-refractivity contribution in [3.8, 4) is 0 Å². The minimum absolute atomic E-state index is 0.241. The Morgan fingerprint density at radius 2 is 2.04 bits per heavy atom. The first-order valence-corrected chi connectivity index (χ1v) is 8.97. The number of nitrogens with zero attached hydrogens (tertiary/aromatic N) is 2. The maximum atomic E-state index is 12.6. The summed E-state index contributed by atoms with van der Waals surface area (Å²) in [6, 6.07) is 7.50. The number of nitrogens with one attached hydrogen (secondary N) is 1. The van der Waals surface area contributed by atoms with E-state index in [0.29, 0.717) is 18.4 Å². The molecule has 26 heavy (non-hydrogen) atoms. The van der Waals surface area contributed by atoms with Crippen molar-refractivity contribution in [2.45, 2.75) is 51.5 Å². The summed E-state index contributed by atoms with van der Waals surface area (Å²) in [6.07, 6.45) is 2.79. The van der Waals surface area contributed by atoms with E-state index in [2.05, 4.69) is 10.4 Å². The normalized spacial score (nSPS) is 19.0. The number of benzene rings is 1. The minimum atomic E-state index is -1.33. The number of fused-ring (bicyclic) bond motifs is 1. The average molecular weight is 355 g/mol. The molecule has 0 radical (unpaired) electrons. The number of carboxylic acids is 1. The lowest BCUT2D eigenvalue weighted by Gasteiger charge is -2.36.